The van der Waals surface area contributed by atoms with Gasteiger partial charge in [0.15, 0.2) is 5.75 Å². The van der Waals surface area contributed by atoms with Gasteiger partial charge in [0.25, 0.3) is 0 Å². The Morgan fingerprint density at radius 1 is 0.964 bits per heavy atom. The molecule has 0 spiro atoms. The Morgan fingerprint density at radius 2 is 1.75 bits per heavy atom. The molecule has 0 N–H and O–H groups in total. The van der Waals surface area contributed by atoms with E-state index in [0.29, 0.717) is 13.1 Å². The van der Waals surface area contributed by atoms with Gasteiger partial charge in [-0.2, -0.15) is 4.31 Å². The van der Waals surface area contributed by atoms with E-state index in [1.165, 1.54) is 0 Å². The molecule has 0 aliphatic carbocycles. The second kappa shape index (κ2) is 6.90. The van der Waals surface area contributed by atoms with Gasteiger partial charge in [-0.05, 0) is 43.5 Å². The van der Waals surface area contributed by atoms with Crippen LogP contribution in [0, 0.1) is 0 Å². The van der Waals surface area contributed by atoms with Crippen molar-refractivity contribution in [3.05, 3.63) is 54.1 Å². The van der Waals surface area contributed by atoms with Crippen LogP contribution in [0.5, 0.6) is 11.5 Å². The third kappa shape index (κ3) is 3.08. The normalized spacial score (nSPS) is 23.9. The lowest BCUT2D eigenvalue weighted by atomic mass is 10.0. The standard InChI is InChI=1S/C21H23N3O3S/c25-28(26)14-6-13-24(28)16-7-5-12-23(15-16)21-17-8-1-3-10-19(17)27-20-11-4-2-9-18(20)22-21/h1-4,8-11,16H,5-7,12-15H2. The van der Waals surface area contributed by atoms with Gasteiger partial charge in [0.1, 0.15) is 17.3 Å². The van der Waals surface area contributed by atoms with Crippen LogP contribution in [0.4, 0.5) is 5.69 Å². The summed E-state index contributed by atoms with van der Waals surface area (Å²) in [6, 6.07) is 15.7. The Labute approximate surface area is 165 Å². The maximum Gasteiger partial charge on any atom is 0.214 e. The molecular formula is C21H23N3O3S. The Kier molecular flexibility index (Phi) is 4.36. The zero-order valence-electron chi connectivity index (χ0n) is 15.6. The Balaban J connectivity index is 1.53. The van der Waals surface area contributed by atoms with Crippen LogP contribution < -0.4 is 4.74 Å². The van der Waals surface area contributed by atoms with E-state index < -0.39 is 10.0 Å². The number of aliphatic imine (C=N–C) groups is 1. The molecule has 3 heterocycles. The van der Waals surface area contributed by atoms with Crippen LogP contribution in [0.3, 0.4) is 0 Å². The predicted octanol–water partition coefficient (Wildman–Crippen LogP) is 3.37. The predicted molar refractivity (Wildman–Crippen MR) is 109 cm³/mol. The molecule has 0 aromatic heterocycles. The topological polar surface area (TPSA) is 62.2 Å². The number of likely N-dealkylation sites (tertiary alicyclic amines) is 1. The second-order valence-corrected chi connectivity index (χ2v) is 9.56. The van der Waals surface area contributed by atoms with Crippen LogP contribution in [0.1, 0.15) is 24.8 Å². The minimum atomic E-state index is -3.12. The first-order valence-electron chi connectivity index (χ1n) is 9.81. The number of sulfonamides is 1. The Bertz CT molecular complexity index is 1030. The number of benzene rings is 2. The molecule has 1 unspecified atom stereocenters. The van der Waals surface area contributed by atoms with Crippen LogP contribution >= 0.6 is 0 Å². The highest BCUT2D eigenvalue weighted by atomic mass is 32.2. The first-order valence-corrected chi connectivity index (χ1v) is 11.4. The molecule has 6 nitrogen and oxygen atoms in total. The van der Waals surface area contributed by atoms with Crippen LogP contribution in [0.25, 0.3) is 0 Å². The minimum absolute atomic E-state index is 0.00975. The zero-order valence-corrected chi connectivity index (χ0v) is 16.4. The molecule has 5 rings (SSSR count). The number of ether oxygens (including phenoxy) is 1. The molecule has 2 aromatic rings. The maximum absolute atomic E-state index is 12.4. The molecule has 7 heteroatoms. The molecule has 0 bridgehead atoms. The fourth-order valence-corrected chi connectivity index (χ4v) is 6.12. The van der Waals surface area contributed by atoms with Gasteiger partial charge in [0.2, 0.25) is 10.0 Å². The minimum Gasteiger partial charge on any atom is -0.454 e. The lowest BCUT2D eigenvalue weighted by Gasteiger charge is -2.38. The fraction of sp³-hybridized carbons (Fsp3) is 0.381. The molecule has 1 atom stereocenters. The van der Waals surface area contributed by atoms with E-state index in [1.54, 1.807) is 4.31 Å². The van der Waals surface area contributed by atoms with Gasteiger partial charge in [-0.15, -0.1) is 0 Å². The van der Waals surface area contributed by atoms with Crippen molar-refractivity contribution in [3.63, 3.8) is 0 Å². The molecule has 0 radical (unpaired) electrons. The second-order valence-electron chi connectivity index (χ2n) is 7.52. The number of rotatable bonds is 1. The largest absolute Gasteiger partial charge is 0.454 e. The quantitative estimate of drug-likeness (QED) is 0.740. The van der Waals surface area contributed by atoms with Gasteiger partial charge < -0.3 is 9.64 Å². The van der Waals surface area contributed by atoms with Gasteiger partial charge in [-0.25, -0.2) is 13.4 Å². The summed E-state index contributed by atoms with van der Waals surface area (Å²) < 4.78 is 32.7. The van der Waals surface area contributed by atoms with E-state index in [1.807, 2.05) is 48.5 Å². The van der Waals surface area contributed by atoms with E-state index in [9.17, 15) is 8.42 Å². The van der Waals surface area contributed by atoms with Crippen molar-refractivity contribution in [3.8, 4) is 11.5 Å². The van der Waals surface area contributed by atoms with Crippen molar-refractivity contribution < 1.29 is 13.2 Å². The number of amidine groups is 1. The first kappa shape index (κ1) is 17.7. The molecule has 0 amide bonds. The highest BCUT2D eigenvalue weighted by Gasteiger charge is 2.37. The van der Waals surface area contributed by atoms with Crippen molar-refractivity contribution in [2.75, 3.05) is 25.4 Å². The zero-order chi connectivity index (χ0) is 19.1. The number of piperidine rings is 1. The van der Waals surface area contributed by atoms with Crippen molar-refractivity contribution >= 4 is 21.5 Å². The van der Waals surface area contributed by atoms with Gasteiger partial charge >= 0.3 is 0 Å². The summed E-state index contributed by atoms with van der Waals surface area (Å²) in [7, 11) is -3.12. The molecule has 3 aliphatic rings. The number of nitrogens with zero attached hydrogens (tertiary/aromatic N) is 3. The van der Waals surface area contributed by atoms with Crippen molar-refractivity contribution in [2.45, 2.75) is 25.3 Å². The monoisotopic (exact) mass is 397 g/mol. The average molecular weight is 398 g/mol. The fourth-order valence-electron chi connectivity index (χ4n) is 4.36. The van der Waals surface area contributed by atoms with Crippen molar-refractivity contribution in [1.29, 1.82) is 0 Å². The van der Waals surface area contributed by atoms with Gasteiger partial charge in [-0.1, -0.05) is 24.3 Å². The average Bonchev–Trinajstić information content (AvgIpc) is 2.97. The molecule has 2 fully saturated rings. The number of hydrogen-bond donors (Lipinski definition) is 0. The Morgan fingerprint density at radius 3 is 2.57 bits per heavy atom. The lowest BCUT2D eigenvalue weighted by Crippen LogP contribution is -2.50. The van der Waals surface area contributed by atoms with E-state index in [2.05, 4.69) is 4.90 Å². The van der Waals surface area contributed by atoms with Crippen molar-refractivity contribution in [1.82, 2.24) is 9.21 Å². The highest BCUT2D eigenvalue weighted by molar-refractivity contribution is 7.89. The summed E-state index contributed by atoms with van der Waals surface area (Å²) in [6.07, 6.45) is 2.57. The third-order valence-electron chi connectivity index (χ3n) is 5.68. The van der Waals surface area contributed by atoms with Crippen molar-refractivity contribution in [2.24, 2.45) is 4.99 Å². The summed E-state index contributed by atoms with van der Waals surface area (Å²) in [5, 5.41) is 0. The molecule has 28 heavy (non-hydrogen) atoms. The molecule has 2 aromatic carbocycles. The number of hydrogen-bond acceptors (Lipinski definition) is 5. The van der Waals surface area contributed by atoms with Crippen LogP contribution in [0.15, 0.2) is 53.5 Å². The first-order chi connectivity index (χ1) is 13.6. The SMILES string of the molecule is O=S1(=O)CCCN1C1CCCN(C2=Nc3ccccc3Oc3ccccc32)C1. The summed E-state index contributed by atoms with van der Waals surface area (Å²) >= 11 is 0. The third-order valence-corrected chi connectivity index (χ3v) is 7.68. The summed E-state index contributed by atoms with van der Waals surface area (Å²) in [5.41, 5.74) is 1.74. The lowest BCUT2D eigenvalue weighted by molar-refractivity contribution is 0.212. The van der Waals surface area contributed by atoms with Gasteiger partial charge in [0, 0.05) is 25.7 Å². The van der Waals surface area contributed by atoms with E-state index >= 15 is 0 Å². The highest BCUT2D eigenvalue weighted by Crippen LogP contribution is 2.38. The van der Waals surface area contributed by atoms with E-state index in [-0.39, 0.29) is 11.8 Å². The molecule has 2 saturated heterocycles. The summed E-state index contributed by atoms with van der Waals surface area (Å²) in [5.74, 6) is 2.65. The van der Waals surface area contributed by atoms with E-state index in [4.69, 9.17) is 9.73 Å². The van der Waals surface area contributed by atoms with Crippen LogP contribution in [-0.4, -0.2) is 54.9 Å². The van der Waals surface area contributed by atoms with Gasteiger partial charge in [0.05, 0.1) is 11.3 Å². The van der Waals surface area contributed by atoms with E-state index in [0.717, 1.165) is 54.4 Å². The molecule has 146 valence electrons. The molecular weight excluding hydrogens is 374 g/mol. The smallest absolute Gasteiger partial charge is 0.214 e. The van der Waals surface area contributed by atoms with Gasteiger partial charge in [-0.3, -0.25) is 0 Å². The number of para-hydroxylation sites is 3. The number of fused-ring (bicyclic) bond motifs is 2. The summed E-state index contributed by atoms with van der Waals surface area (Å²) in [4.78, 5) is 7.18. The summed E-state index contributed by atoms with van der Waals surface area (Å²) in [6.45, 7) is 2.16. The van der Waals surface area contributed by atoms with Crippen LogP contribution in [0.2, 0.25) is 0 Å². The maximum atomic E-state index is 12.4. The van der Waals surface area contributed by atoms with Crippen LogP contribution in [-0.2, 0) is 10.0 Å². The molecule has 0 saturated carbocycles. The Hall–Kier alpha value is -2.38. The molecule has 3 aliphatic heterocycles.